The molecule has 2 heteroatoms. The fourth-order valence-electron chi connectivity index (χ4n) is 1.31. The van der Waals surface area contributed by atoms with Crippen molar-refractivity contribution < 1.29 is 0 Å². The highest BCUT2D eigenvalue weighted by molar-refractivity contribution is 5.90. The summed E-state index contributed by atoms with van der Waals surface area (Å²) in [6, 6.07) is 6.22. The number of rotatable bonds is 0. The second-order valence-corrected chi connectivity index (χ2v) is 2.69. The van der Waals surface area contributed by atoms with E-state index >= 15 is 0 Å². The summed E-state index contributed by atoms with van der Waals surface area (Å²) in [6.45, 7) is 2.81. The van der Waals surface area contributed by atoms with Crippen molar-refractivity contribution in [1.29, 1.82) is 0 Å². The minimum atomic E-state index is 0.706. The molecule has 0 radical (unpaired) electrons. The Hall–Kier alpha value is -1.31. The van der Waals surface area contributed by atoms with Gasteiger partial charge in [0.05, 0.1) is 0 Å². The second-order valence-electron chi connectivity index (χ2n) is 2.69. The Labute approximate surface area is 66.0 Å². The maximum atomic E-state index is 4.12. The van der Waals surface area contributed by atoms with Crippen LogP contribution in [0.2, 0.25) is 0 Å². The molecular formula is C9H10N2. The first kappa shape index (κ1) is 6.40. The van der Waals surface area contributed by atoms with Gasteiger partial charge in [-0.3, -0.25) is 4.99 Å². The Morgan fingerprint density at radius 1 is 1.45 bits per heavy atom. The number of aryl methyl sites for hydroxylation is 1. The van der Waals surface area contributed by atoms with Crippen molar-refractivity contribution >= 4 is 11.9 Å². The van der Waals surface area contributed by atoms with Crippen LogP contribution in [0.15, 0.2) is 23.2 Å². The van der Waals surface area contributed by atoms with Crippen LogP contribution in [0.3, 0.4) is 0 Å². The third-order valence-corrected chi connectivity index (χ3v) is 1.88. The van der Waals surface area contributed by atoms with Gasteiger partial charge < -0.3 is 5.32 Å². The van der Waals surface area contributed by atoms with Gasteiger partial charge in [0.25, 0.3) is 0 Å². The fourth-order valence-corrected chi connectivity index (χ4v) is 1.31. The van der Waals surface area contributed by atoms with Crippen LogP contribution >= 0.6 is 0 Å². The molecular weight excluding hydrogens is 136 g/mol. The van der Waals surface area contributed by atoms with Gasteiger partial charge in [-0.1, -0.05) is 18.2 Å². The summed E-state index contributed by atoms with van der Waals surface area (Å²) in [5, 5.41) is 3.23. The third kappa shape index (κ3) is 1.00. The van der Waals surface area contributed by atoms with E-state index in [0.717, 1.165) is 0 Å². The van der Waals surface area contributed by atoms with Crippen LogP contribution in [0.1, 0.15) is 11.1 Å². The van der Waals surface area contributed by atoms with Crippen molar-refractivity contribution in [2.75, 3.05) is 12.0 Å². The minimum absolute atomic E-state index is 0.706. The lowest BCUT2D eigenvalue weighted by Crippen LogP contribution is -2.08. The number of para-hydroxylation sites is 1. The Bertz CT molecular complexity index is 302. The molecule has 2 rings (SSSR count). The summed E-state index contributed by atoms with van der Waals surface area (Å²) < 4.78 is 0. The third-order valence-electron chi connectivity index (χ3n) is 1.88. The van der Waals surface area contributed by atoms with Gasteiger partial charge in [-0.25, -0.2) is 0 Å². The van der Waals surface area contributed by atoms with Crippen molar-refractivity contribution in [2.45, 2.75) is 6.92 Å². The van der Waals surface area contributed by atoms with Gasteiger partial charge in [-0.15, -0.1) is 0 Å². The first-order valence-corrected chi connectivity index (χ1v) is 3.71. The summed E-state index contributed by atoms with van der Waals surface area (Å²) >= 11 is 0. The van der Waals surface area contributed by atoms with E-state index in [2.05, 4.69) is 29.4 Å². The standard InChI is InChI=1S/C9H10N2/c1-7-3-2-4-8-5-10-6-11-9(7)8/h2-5,11H,6H2,1H3. The summed E-state index contributed by atoms with van der Waals surface area (Å²) in [6.07, 6.45) is 1.92. The molecule has 11 heavy (non-hydrogen) atoms. The number of benzene rings is 1. The number of hydrogen-bond donors (Lipinski definition) is 1. The number of nitrogens with zero attached hydrogens (tertiary/aromatic N) is 1. The molecule has 1 aromatic carbocycles. The SMILES string of the molecule is Cc1cccc2c1NCN=C2. The first-order valence-electron chi connectivity index (χ1n) is 3.71. The Balaban J connectivity index is 2.60. The molecule has 0 spiro atoms. The van der Waals surface area contributed by atoms with Crippen molar-refractivity contribution in [3.63, 3.8) is 0 Å². The van der Waals surface area contributed by atoms with E-state index in [9.17, 15) is 0 Å². The molecule has 0 bridgehead atoms. The number of hydrogen-bond acceptors (Lipinski definition) is 2. The Kier molecular flexibility index (Phi) is 1.39. The molecule has 0 aromatic heterocycles. The van der Waals surface area contributed by atoms with Gasteiger partial charge in [0.1, 0.15) is 6.67 Å². The normalized spacial score (nSPS) is 13.9. The Morgan fingerprint density at radius 3 is 3.18 bits per heavy atom. The molecule has 0 unspecified atom stereocenters. The zero-order valence-electron chi connectivity index (χ0n) is 6.46. The highest BCUT2D eigenvalue weighted by Gasteiger charge is 2.04. The van der Waals surface area contributed by atoms with E-state index in [1.54, 1.807) is 0 Å². The van der Waals surface area contributed by atoms with Gasteiger partial charge in [-0.2, -0.15) is 0 Å². The lowest BCUT2D eigenvalue weighted by atomic mass is 10.1. The predicted molar refractivity (Wildman–Crippen MR) is 47.3 cm³/mol. The number of anilines is 1. The molecule has 1 aliphatic heterocycles. The monoisotopic (exact) mass is 146 g/mol. The van der Waals surface area contributed by atoms with Crippen LogP contribution in [0.4, 0.5) is 5.69 Å². The molecule has 56 valence electrons. The zero-order chi connectivity index (χ0) is 7.68. The summed E-state index contributed by atoms with van der Waals surface area (Å²) in [5.74, 6) is 0. The van der Waals surface area contributed by atoms with Crippen LogP contribution in [0.25, 0.3) is 0 Å². The minimum Gasteiger partial charge on any atom is -0.366 e. The summed E-state index contributed by atoms with van der Waals surface area (Å²) in [5.41, 5.74) is 3.70. The molecule has 1 aromatic rings. The van der Waals surface area contributed by atoms with Crippen molar-refractivity contribution in [3.05, 3.63) is 29.3 Å². The van der Waals surface area contributed by atoms with Crippen molar-refractivity contribution in [3.8, 4) is 0 Å². The fraction of sp³-hybridized carbons (Fsp3) is 0.222. The summed E-state index contributed by atoms with van der Waals surface area (Å²) in [4.78, 5) is 4.12. The smallest absolute Gasteiger partial charge is 0.107 e. The van der Waals surface area contributed by atoms with E-state index in [4.69, 9.17) is 0 Å². The van der Waals surface area contributed by atoms with E-state index in [0.29, 0.717) is 6.67 Å². The molecule has 0 atom stereocenters. The van der Waals surface area contributed by atoms with Crippen LogP contribution < -0.4 is 5.32 Å². The van der Waals surface area contributed by atoms with E-state index in [1.807, 2.05) is 12.3 Å². The van der Waals surface area contributed by atoms with Gasteiger partial charge in [0.15, 0.2) is 0 Å². The molecule has 0 aliphatic carbocycles. The van der Waals surface area contributed by atoms with Gasteiger partial charge in [0, 0.05) is 17.5 Å². The summed E-state index contributed by atoms with van der Waals surface area (Å²) in [7, 11) is 0. The highest BCUT2D eigenvalue weighted by atomic mass is 15.0. The number of fused-ring (bicyclic) bond motifs is 1. The molecule has 2 nitrogen and oxygen atoms in total. The molecule has 0 saturated heterocycles. The van der Waals surface area contributed by atoms with Crippen LogP contribution in [-0.4, -0.2) is 12.9 Å². The Morgan fingerprint density at radius 2 is 2.36 bits per heavy atom. The zero-order valence-corrected chi connectivity index (χ0v) is 6.46. The second kappa shape index (κ2) is 2.38. The highest BCUT2D eigenvalue weighted by Crippen LogP contribution is 2.20. The molecule has 1 aliphatic rings. The van der Waals surface area contributed by atoms with Crippen LogP contribution in [-0.2, 0) is 0 Å². The lowest BCUT2D eigenvalue weighted by molar-refractivity contribution is 1.12. The average Bonchev–Trinajstić information content (AvgIpc) is 2.06. The van der Waals surface area contributed by atoms with Crippen molar-refractivity contribution in [1.82, 2.24) is 0 Å². The quantitative estimate of drug-likeness (QED) is 0.593. The molecule has 0 saturated carbocycles. The number of nitrogens with one attached hydrogen (secondary N) is 1. The lowest BCUT2D eigenvalue weighted by Gasteiger charge is -2.14. The largest absolute Gasteiger partial charge is 0.366 e. The molecule has 1 N–H and O–H groups in total. The molecule has 0 amide bonds. The molecule has 0 fully saturated rings. The molecule has 1 heterocycles. The van der Waals surface area contributed by atoms with E-state index < -0.39 is 0 Å². The van der Waals surface area contributed by atoms with Crippen LogP contribution in [0, 0.1) is 6.92 Å². The maximum Gasteiger partial charge on any atom is 0.107 e. The number of aliphatic imine (C=N–C) groups is 1. The van der Waals surface area contributed by atoms with Gasteiger partial charge in [-0.05, 0) is 12.5 Å². The topological polar surface area (TPSA) is 24.4 Å². The van der Waals surface area contributed by atoms with Gasteiger partial charge >= 0.3 is 0 Å². The van der Waals surface area contributed by atoms with E-state index in [1.165, 1.54) is 16.8 Å². The van der Waals surface area contributed by atoms with Crippen LogP contribution in [0.5, 0.6) is 0 Å². The van der Waals surface area contributed by atoms with E-state index in [-0.39, 0.29) is 0 Å². The van der Waals surface area contributed by atoms with Gasteiger partial charge in [0.2, 0.25) is 0 Å². The predicted octanol–water partition coefficient (Wildman–Crippen LogP) is 1.80. The average molecular weight is 146 g/mol. The maximum absolute atomic E-state index is 4.12. The van der Waals surface area contributed by atoms with Crippen molar-refractivity contribution in [2.24, 2.45) is 4.99 Å². The first-order chi connectivity index (χ1) is 5.38.